The number of ether oxygens (including phenoxy) is 1. The van der Waals surface area contributed by atoms with E-state index in [1.165, 1.54) is 12.8 Å². The minimum atomic E-state index is -0.0423. The van der Waals surface area contributed by atoms with Crippen LogP contribution in [0.3, 0.4) is 0 Å². The molecule has 1 saturated carbocycles. The molecule has 1 aromatic carbocycles. The zero-order valence-corrected chi connectivity index (χ0v) is 8.82. The Morgan fingerprint density at radius 3 is 2.87 bits per heavy atom. The Bertz CT molecular complexity index is 358. The molecule has 1 amide bonds. The van der Waals surface area contributed by atoms with Crippen LogP contribution in [0.15, 0.2) is 24.3 Å². The molecule has 80 valence electrons. The van der Waals surface area contributed by atoms with Crippen molar-refractivity contribution in [3.05, 3.63) is 29.8 Å². The van der Waals surface area contributed by atoms with Crippen molar-refractivity contribution in [3.8, 4) is 5.75 Å². The highest BCUT2D eigenvalue weighted by Crippen LogP contribution is 2.27. The van der Waals surface area contributed by atoms with Gasteiger partial charge in [0.2, 0.25) is 0 Å². The highest BCUT2D eigenvalue weighted by Gasteiger charge is 2.22. The number of para-hydroxylation sites is 1. The van der Waals surface area contributed by atoms with Crippen molar-refractivity contribution in [3.63, 3.8) is 0 Å². The van der Waals surface area contributed by atoms with Gasteiger partial charge in [0.25, 0.3) is 5.91 Å². The zero-order chi connectivity index (χ0) is 10.7. The van der Waals surface area contributed by atoms with Crippen LogP contribution in [-0.2, 0) is 0 Å². The SMILES string of the molecule is COc1ccccc1C(=O)NCC1CC1. The topological polar surface area (TPSA) is 38.3 Å². The fourth-order valence-electron chi connectivity index (χ4n) is 1.49. The summed E-state index contributed by atoms with van der Waals surface area (Å²) in [7, 11) is 1.58. The summed E-state index contributed by atoms with van der Waals surface area (Å²) in [6.45, 7) is 0.789. The Hall–Kier alpha value is -1.51. The van der Waals surface area contributed by atoms with Crippen LogP contribution in [0.5, 0.6) is 5.75 Å². The van der Waals surface area contributed by atoms with Gasteiger partial charge in [-0.15, -0.1) is 0 Å². The summed E-state index contributed by atoms with van der Waals surface area (Å²) in [6.07, 6.45) is 2.48. The molecule has 15 heavy (non-hydrogen) atoms. The van der Waals surface area contributed by atoms with Gasteiger partial charge in [-0.3, -0.25) is 4.79 Å². The van der Waals surface area contributed by atoms with Crippen LogP contribution in [0.4, 0.5) is 0 Å². The highest BCUT2D eigenvalue weighted by atomic mass is 16.5. The van der Waals surface area contributed by atoms with Crippen molar-refractivity contribution in [2.45, 2.75) is 12.8 Å². The fourth-order valence-corrected chi connectivity index (χ4v) is 1.49. The molecule has 2 rings (SSSR count). The number of hydrogen-bond acceptors (Lipinski definition) is 2. The van der Waals surface area contributed by atoms with Crippen molar-refractivity contribution in [2.24, 2.45) is 5.92 Å². The maximum Gasteiger partial charge on any atom is 0.255 e. The Labute approximate surface area is 89.4 Å². The van der Waals surface area contributed by atoms with Crippen molar-refractivity contribution in [1.29, 1.82) is 0 Å². The molecule has 0 atom stereocenters. The lowest BCUT2D eigenvalue weighted by atomic mass is 10.2. The van der Waals surface area contributed by atoms with E-state index in [0.717, 1.165) is 6.54 Å². The molecular weight excluding hydrogens is 190 g/mol. The molecule has 1 N–H and O–H groups in total. The summed E-state index contributed by atoms with van der Waals surface area (Å²) in [6, 6.07) is 7.28. The third-order valence-corrected chi connectivity index (χ3v) is 2.60. The Balaban J connectivity index is 2.02. The molecule has 0 spiro atoms. The number of carbonyl (C=O) groups excluding carboxylic acids is 1. The molecule has 0 aliphatic heterocycles. The molecule has 1 aliphatic carbocycles. The molecule has 0 aromatic heterocycles. The summed E-state index contributed by atoms with van der Waals surface area (Å²) in [4.78, 5) is 11.8. The first kappa shape index (κ1) is 10.0. The first-order valence-corrected chi connectivity index (χ1v) is 5.22. The van der Waals surface area contributed by atoms with Gasteiger partial charge >= 0.3 is 0 Å². The first-order chi connectivity index (χ1) is 7.31. The van der Waals surface area contributed by atoms with Gasteiger partial charge in [0.05, 0.1) is 12.7 Å². The molecule has 0 heterocycles. The Kier molecular flexibility index (Phi) is 2.90. The average Bonchev–Trinajstić information content (AvgIpc) is 3.09. The van der Waals surface area contributed by atoms with Gasteiger partial charge in [0.1, 0.15) is 5.75 Å². The number of carbonyl (C=O) groups is 1. The van der Waals surface area contributed by atoms with Crippen LogP contribution in [0, 0.1) is 5.92 Å². The van der Waals surface area contributed by atoms with E-state index >= 15 is 0 Å². The maximum absolute atomic E-state index is 11.8. The highest BCUT2D eigenvalue weighted by molar-refractivity contribution is 5.96. The summed E-state index contributed by atoms with van der Waals surface area (Å²) >= 11 is 0. The van der Waals surface area contributed by atoms with Crippen molar-refractivity contribution >= 4 is 5.91 Å². The minimum absolute atomic E-state index is 0.0423. The number of rotatable bonds is 4. The predicted molar refractivity (Wildman–Crippen MR) is 58.1 cm³/mol. The largest absolute Gasteiger partial charge is 0.496 e. The zero-order valence-electron chi connectivity index (χ0n) is 8.82. The van der Waals surface area contributed by atoms with E-state index < -0.39 is 0 Å². The summed E-state index contributed by atoms with van der Waals surface area (Å²) in [5.74, 6) is 1.29. The summed E-state index contributed by atoms with van der Waals surface area (Å²) < 4.78 is 5.13. The van der Waals surface area contributed by atoms with Crippen molar-refractivity contribution in [1.82, 2.24) is 5.32 Å². The number of methoxy groups -OCH3 is 1. The van der Waals surface area contributed by atoms with Crippen molar-refractivity contribution in [2.75, 3.05) is 13.7 Å². The molecule has 1 fully saturated rings. The monoisotopic (exact) mass is 205 g/mol. The van der Waals surface area contributed by atoms with Gasteiger partial charge in [-0.25, -0.2) is 0 Å². The Morgan fingerprint density at radius 2 is 2.20 bits per heavy atom. The van der Waals surface area contributed by atoms with E-state index in [0.29, 0.717) is 17.2 Å². The molecular formula is C12H15NO2. The quantitative estimate of drug-likeness (QED) is 0.814. The van der Waals surface area contributed by atoms with E-state index in [4.69, 9.17) is 4.74 Å². The third kappa shape index (κ3) is 2.49. The average molecular weight is 205 g/mol. The lowest BCUT2D eigenvalue weighted by Gasteiger charge is -2.08. The van der Waals surface area contributed by atoms with Gasteiger partial charge < -0.3 is 10.1 Å². The van der Waals surface area contributed by atoms with E-state index in [-0.39, 0.29) is 5.91 Å². The summed E-state index contributed by atoms with van der Waals surface area (Å²) in [5, 5.41) is 2.92. The second kappa shape index (κ2) is 4.34. The van der Waals surface area contributed by atoms with Crippen LogP contribution in [0.2, 0.25) is 0 Å². The molecule has 0 radical (unpaired) electrons. The van der Waals surface area contributed by atoms with Crippen LogP contribution in [0.1, 0.15) is 23.2 Å². The maximum atomic E-state index is 11.8. The predicted octanol–water partition coefficient (Wildman–Crippen LogP) is 1.83. The molecule has 3 heteroatoms. The number of nitrogens with one attached hydrogen (secondary N) is 1. The Morgan fingerprint density at radius 1 is 1.47 bits per heavy atom. The van der Waals surface area contributed by atoms with Crippen molar-refractivity contribution < 1.29 is 9.53 Å². The van der Waals surface area contributed by atoms with E-state index in [2.05, 4.69) is 5.32 Å². The van der Waals surface area contributed by atoms with Crippen LogP contribution >= 0.6 is 0 Å². The third-order valence-electron chi connectivity index (χ3n) is 2.60. The standard InChI is InChI=1S/C12H15NO2/c1-15-11-5-3-2-4-10(11)12(14)13-8-9-6-7-9/h2-5,9H,6-8H2,1H3,(H,13,14). The molecule has 1 aromatic rings. The van der Waals surface area contributed by atoms with Gasteiger partial charge in [0.15, 0.2) is 0 Å². The van der Waals surface area contributed by atoms with Gasteiger partial charge in [-0.2, -0.15) is 0 Å². The van der Waals surface area contributed by atoms with Crippen LogP contribution in [-0.4, -0.2) is 19.6 Å². The molecule has 1 aliphatic rings. The molecule has 0 saturated heterocycles. The second-order valence-corrected chi connectivity index (χ2v) is 3.85. The van der Waals surface area contributed by atoms with E-state index in [1.54, 1.807) is 19.2 Å². The minimum Gasteiger partial charge on any atom is -0.496 e. The van der Waals surface area contributed by atoms with Gasteiger partial charge in [-0.05, 0) is 30.9 Å². The normalized spacial score (nSPS) is 14.7. The van der Waals surface area contributed by atoms with E-state index in [1.807, 2.05) is 12.1 Å². The van der Waals surface area contributed by atoms with Gasteiger partial charge in [-0.1, -0.05) is 12.1 Å². The van der Waals surface area contributed by atoms with Crippen LogP contribution in [0.25, 0.3) is 0 Å². The van der Waals surface area contributed by atoms with E-state index in [9.17, 15) is 4.79 Å². The molecule has 3 nitrogen and oxygen atoms in total. The number of hydrogen-bond donors (Lipinski definition) is 1. The lowest BCUT2D eigenvalue weighted by molar-refractivity contribution is 0.0949. The summed E-state index contributed by atoms with van der Waals surface area (Å²) in [5.41, 5.74) is 0.612. The fraction of sp³-hybridized carbons (Fsp3) is 0.417. The molecule has 0 bridgehead atoms. The first-order valence-electron chi connectivity index (χ1n) is 5.22. The van der Waals surface area contributed by atoms with Gasteiger partial charge in [0, 0.05) is 6.54 Å². The smallest absolute Gasteiger partial charge is 0.255 e. The van der Waals surface area contributed by atoms with Crippen LogP contribution < -0.4 is 10.1 Å². The molecule has 0 unspecified atom stereocenters. The lowest BCUT2D eigenvalue weighted by Crippen LogP contribution is -2.25. The number of amides is 1. The number of benzene rings is 1. The second-order valence-electron chi connectivity index (χ2n) is 3.85.